The lowest BCUT2D eigenvalue weighted by Crippen LogP contribution is -2.49. The van der Waals surface area contributed by atoms with E-state index in [-0.39, 0.29) is 23.2 Å². The summed E-state index contributed by atoms with van der Waals surface area (Å²) in [5, 5.41) is 18.9. The molecule has 238 valence electrons. The van der Waals surface area contributed by atoms with Crippen LogP contribution in [-0.4, -0.2) is 104 Å². The first-order chi connectivity index (χ1) is 23.0. The molecular formula is C32H28Cl2N10O2S. The number of para-hydroxylation sites is 3. The maximum Gasteiger partial charge on any atom is 0.277 e. The molecule has 2 saturated heterocycles. The van der Waals surface area contributed by atoms with Crippen LogP contribution in [0.15, 0.2) is 72.8 Å². The van der Waals surface area contributed by atoms with Crippen LogP contribution in [0.3, 0.4) is 0 Å². The van der Waals surface area contributed by atoms with Crippen molar-refractivity contribution >= 4 is 78.4 Å². The summed E-state index contributed by atoms with van der Waals surface area (Å²) < 4.78 is 3.31. The quantitative estimate of drug-likeness (QED) is 0.261. The third kappa shape index (κ3) is 5.33. The maximum absolute atomic E-state index is 14.0. The van der Waals surface area contributed by atoms with E-state index in [4.69, 9.17) is 23.2 Å². The predicted octanol–water partition coefficient (Wildman–Crippen LogP) is 4.78. The molecule has 0 N–H and O–H groups in total. The fourth-order valence-corrected chi connectivity index (χ4v) is 7.74. The number of halogens is 2. The van der Waals surface area contributed by atoms with Gasteiger partial charge in [0.05, 0.1) is 21.7 Å². The number of hydrogen-bond acceptors (Lipinski definition) is 9. The van der Waals surface area contributed by atoms with Crippen LogP contribution in [-0.2, 0) is 0 Å². The number of carbonyl (C=O) groups is 2. The van der Waals surface area contributed by atoms with Crippen molar-refractivity contribution in [3.8, 4) is 0 Å². The van der Waals surface area contributed by atoms with Crippen molar-refractivity contribution in [3.63, 3.8) is 0 Å². The number of anilines is 2. The number of nitrogens with zero attached hydrogens (tertiary/aromatic N) is 10. The van der Waals surface area contributed by atoms with E-state index in [1.165, 1.54) is 11.3 Å². The lowest BCUT2D eigenvalue weighted by atomic mass is 10.2. The Balaban J connectivity index is 1.12. The second-order valence-electron chi connectivity index (χ2n) is 11.4. The Bertz CT molecular complexity index is 2180. The molecule has 3 aromatic heterocycles. The first-order valence-corrected chi connectivity index (χ1v) is 16.8. The van der Waals surface area contributed by atoms with Gasteiger partial charge in [0.2, 0.25) is 0 Å². The molecule has 5 heterocycles. The molecule has 6 aromatic rings. The zero-order valence-corrected chi connectivity index (χ0v) is 27.4. The Morgan fingerprint density at radius 2 is 1.15 bits per heavy atom. The van der Waals surface area contributed by atoms with Gasteiger partial charge in [-0.15, -0.1) is 10.2 Å². The number of amides is 2. The number of piperazine rings is 2. The number of hydrogen-bond donors (Lipinski definition) is 0. The van der Waals surface area contributed by atoms with E-state index in [0.29, 0.717) is 83.1 Å². The molecule has 8 rings (SSSR count). The van der Waals surface area contributed by atoms with Crippen molar-refractivity contribution in [2.75, 3.05) is 62.2 Å². The molecule has 3 aromatic carbocycles. The molecule has 0 bridgehead atoms. The second kappa shape index (κ2) is 12.1. The Morgan fingerprint density at radius 1 is 0.617 bits per heavy atom. The van der Waals surface area contributed by atoms with Crippen molar-refractivity contribution in [2.24, 2.45) is 0 Å². The van der Waals surface area contributed by atoms with Crippen molar-refractivity contribution in [1.82, 2.24) is 39.5 Å². The van der Waals surface area contributed by atoms with Gasteiger partial charge in [0.1, 0.15) is 0 Å². The van der Waals surface area contributed by atoms with Crippen LogP contribution in [0.5, 0.6) is 0 Å². The normalized spacial score (nSPS) is 15.6. The molecule has 2 aliphatic rings. The van der Waals surface area contributed by atoms with Gasteiger partial charge < -0.3 is 19.6 Å². The average molecular weight is 688 g/mol. The topological polar surface area (TPSA) is 107 Å². The van der Waals surface area contributed by atoms with Crippen LogP contribution >= 0.6 is 34.5 Å². The van der Waals surface area contributed by atoms with Crippen molar-refractivity contribution in [2.45, 2.75) is 0 Å². The predicted molar refractivity (Wildman–Crippen MR) is 183 cm³/mol. The van der Waals surface area contributed by atoms with E-state index >= 15 is 0 Å². The summed E-state index contributed by atoms with van der Waals surface area (Å²) in [4.78, 5) is 36.9. The first kappa shape index (κ1) is 29.7. The number of carbonyl (C=O) groups excluding carboxylic acids is 2. The van der Waals surface area contributed by atoms with E-state index in [2.05, 4.69) is 30.4 Å². The highest BCUT2D eigenvalue weighted by atomic mass is 35.5. The van der Waals surface area contributed by atoms with Crippen molar-refractivity contribution < 1.29 is 9.59 Å². The molecule has 0 unspecified atom stereocenters. The lowest BCUT2D eigenvalue weighted by molar-refractivity contribution is 0.0735. The molecule has 0 spiro atoms. The van der Waals surface area contributed by atoms with Gasteiger partial charge in [-0.2, -0.15) is 0 Å². The van der Waals surface area contributed by atoms with Crippen LogP contribution in [0, 0.1) is 0 Å². The number of rotatable bonds is 4. The van der Waals surface area contributed by atoms with Gasteiger partial charge in [-0.05, 0) is 42.5 Å². The second-order valence-corrected chi connectivity index (χ2v) is 13.2. The summed E-state index contributed by atoms with van der Waals surface area (Å²) in [5.74, 6) is -0.438. The molecule has 15 heteroatoms. The lowest BCUT2D eigenvalue weighted by Gasteiger charge is -2.36. The average Bonchev–Trinajstić information content (AvgIpc) is 3.69. The molecule has 0 radical (unpaired) electrons. The molecule has 2 aliphatic heterocycles. The van der Waals surface area contributed by atoms with Gasteiger partial charge in [-0.1, -0.05) is 75.3 Å². The molecule has 12 nitrogen and oxygen atoms in total. The van der Waals surface area contributed by atoms with Gasteiger partial charge in [0.15, 0.2) is 21.0 Å². The summed E-state index contributed by atoms with van der Waals surface area (Å²) in [6, 6.07) is 23.0. The summed E-state index contributed by atoms with van der Waals surface area (Å²) in [6.45, 7) is 4.62. The fraction of sp³-hybridized carbons (Fsp3) is 0.250. The van der Waals surface area contributed by atoms with E-state index in [1.807, 2.05) is 72.8 Å². The highest BCUT2D eigenvalue weighted by molar-refractivity contribution is 7.22. The van der Waals surface area contributed by atoms with E-state index < -0.39 is 0 Å². The zero-order valence-electron chi connectivity index (χ0n) is 25.0. The minimum atomic E-state index is -0.221. The summed E-state index contributed by atoms with van der Waals surface area (Å²) in [5.41, 5.74) is 3.79. The third-order valence-corrected chi connectivity index (χ3v) is 10.4. The van der Waals surface area contributed by atoms with Crippen LogP contribution < -0.4 is 9.80 Å². The minimum Gasteiger partial charge on any atom is -0.368 e. The summed E-state index contributed by atoms with van der Waals surface area (Å²) in [6.07, 6.45) is 0. The summed E-state index contributed by atoms with van der Waals surface area (Å²) in [7, 11) is 0. The molecule has 2 amide bonds. The largest absolute Gasteiger partial charge is 0.368 e. The first-order valence-electron chi connectivity index (χ1n) is 15.2. The third-order valence-electron chi connectivity index (χ3n) is 8.70. The van der Waals surface area contributed by atoms with E-state index in [0.717, 1.165) is 11.4 Å². The van der Waals surface area contributed by atoms with Gasteiger partial charge in [0, 0.05) is 63.1 Å². The van der Waals surface area contributed by atoms with Gasteiger partial charge in [-0.25, -0.2) is 9.03 Å². The Morgan fingerprint density at radius 3 is 1.70 bits per heavy atom. The maximum atomic E-state index is 14.0. The summed E-state index contributed by atoms with van der Waals surface area (Å²) >= 11 is 13.9. The Kier molecular flexibility index (Phi) is 7.66. The smallest absolute Gasteiger partial charge is 0.277 e. The van der Waals surface area contributed by atoms with Crippen LogP contribution in [0.4, 0.5) is 11.4 Å². The molecular weight excluding hydrogens is 659 g/mol. The Hall–Kier alpha value is -4.72. The highest BCUT2D eigenvalue weighted by Crippen LogP contribution is 2.29. The molecule has 47 heavy (non-hydrogen) atoms. The van der Waals surface area contributed by atoms with Crippen LogP contribution in [0.1, 0.15) is 21.0 Å². The molecule has 0 aliphatic carbocycles. The van der Waals surface area contributed by atoms with Crippen molar-refractivity contribution in [1.29, 1.82) is 0 Å². The van der Waals surface area contributed by atoms with E-state index in [1.54, 1.807) is 18.8 Å². The standard InChI is InChI=1S/C32H28Cl2N10O2S/c33-21-6-5-7-22(20-21)39-12-16-41(17-13-39)29(45)27-31-43(37-35-27)25-10-3-4-11-26(25)44-32(47-31)28(36-38-44)30(46)42-18-14-40(15-19-42)24-9-2-1-8-23(24)34/h1-11,20H,12-19H2. The van der Waals surface area contributed by atoms with E-state index in [9.17, 15) is 9.59 Å². The SMILES string of the molecule is O=C(c1nnn2c1sc1c(C(=O)N3CCN(c4ccccc4Cl)CC3)nnn1c1ccccc12)N1CCN(c2cccc(Cl)c2)CC1. The van der Waals surface area contributed by atoms with Gasteiger partial charge >= 0.3 is 0 Å². The molecule has 2 fully saturated rings. The Labute approximate surface area is 282 Å². The van der Waals surface area contributed by atoms with Gasteiger partial charge in [0.25, 0.3) is 11.8 Å². The number of benzene rings is 3. The number of aromatic nitrogens is 6. The highest BCUT2D eigenvalue weighted by Gasteiger charge is 2.30. The minimum absolute atomic E-state index is 0.216. The fourth-order valence-electron chi connectivity index (χ4n) is 6.23. The zero-order chi connectivity index (χ0) is 32.1. The molecule has 0 atom stereocenters. The van der Waals surface area contributed by atoms with Crippen LogP contribution in [0.2, 0.25) is 10.0 Å². The molecule has 0 saturated carbocycles. The van der Waals surface area contributed by atoms with Gasteiger partial charge in [-0.3, -0.25) is 9.59 Å². The monoisotopic (exact) mass is 686 g/mol. The van der Waals surface area contributed by atoms with Crippen LogP contribution in [0.25, 0.3) is 20.7 Å². The van der Waals surface area contributed by atoms with Crippen molar-refractivity contribution in [3.05, 3.63) is 94.2 Å². The number of fused-ring (bicyclic) bond motifs is 5.